The lowest BCUT2D eigenvalue weighted by Gasteiger charge is -2.26. The Labute approximate surface area is 218 Å². The van der Waals surface area contributed by atoms with Crippen molar-refractivity contribution in [2.75, 3.05) is 32.8 Å². The third-order valence-electron chi connectivity index (χ3n) is 7.17. The van der Waals surface area contributed by atoms with Crippen LogP contribution in [0.15, 0.2) is 21.3 Å². The number of ketones is 1. The zero-order chi connectivity index (χ0) is 26.2. The zero-order valence-electron chi connectivity index (χ0n) is 22.1. The molecule has 0 amide bonds. The van der Waals surface area contributed by atoms with Crippen molar-refractivity contribution in [3.63, 3.8) is 0 Å². The highest BCUT2D eigenvalue weighted by Gasteiger charge is 2.26. The molecule has 2 heterocycles. The van der Waals surface area contributed by atoms with Crippen molar-refractivity contribution in [2.24, 2.45) is 0 Å². The Morgan fingerprint density at radius 1 is 1.05 bits per heavy atom. The smallest absolute Gasteiger partial charge is 0.339 e. The number of rotatable bonds is 12. The average Bonchev–Trinajstić information content (AvgIpc) is 2.87. The second-order valence-electron chi connectivity index (χ2n) is 10.2. The van der Waals surface area contributed by atoms with Crippen LogP contribution in [0.4, 0.5) is 0 Å². The Hall–Kier alpha value is -2.71. The van der Waals surface area contributed by atoms with Crippen molar-refractivity contribution < 1.29 is 28.2 Å². The largest absolute Gasteiger partial charge is 0.490 e. The van der Waals surface area contributed by atoms with Crippen LogP contribution < -0.4 is 15.1 Å². The fourth-order valence-electron chi connectivity index (χ4n) is 5.12. The minimum atomic E-state index is -0.442. The molecule has 0 bridgehead atoms. The van der Waals surface area contributed by atoms with Gasteiger partial charge in [-0.1, -0.05) is 26.2 Å². The summed E-state index contributed by atoms with van der Waals surface area (Å²) in [6, 6.07) is 3.37. The van der Waals surface area contributed by atoms with E-state index in [-0.39, 0.29) is 42.0 Å². The average molecular weight is 514 g/mol. The molecule has 1 aliphatic heterocycles. The zero-order valence-corrected chi connectivity index (χ0v) is 22.1. The van der Waals surface area contributed by atoms with E-state index in [1.165, 1.54) is 12.8 Å². The van der Waals surface area contributed by atoms with Crippen LogP contribution in [0, 0.1) is 0 Å². The molecule has 1 unspecified atom stereocenters. The lowest BCUT2D eigenvalue weighted by molar-refractivity contribution is -0.134. The van der Waals surface area contributed by atoms with Gasteiger partial charge in [0.25, 0.3) is 0 Å². The lowest BCUT2D eigenvalue weighted by Crippen LogP contribution is -2.37. The number of Topliss-reactive ketones (excluding diaryl/α,β-unsaturated/α-hetero) is 1. The van der Waals surface area contributed by atoms with Crippen molar-refractivity contribution in [3.05, 3.63) is 33.7 Å². The van der Waals surface area contributed by atoms with Crippen LogP contribution in [0.2, 0.25) is 0 Å². The van der Waals surface area contributed by atoms with E-state index in [1.54, 1.807) is 12.1 Å². The van der Waals surface area contributed by atoms with E-state index in [0.29, 0.717) is 41.5 Å². The van der Waals surface area contributed by atoms with Crippen molar-refractivity contribution >= 4 is 22.7 Å². The maximum Gasteiger partial charge on any atom is 0.339 e. The molecule has 2 aliphatic rings. The summed E-state index contributed by atoms with van der Waals surface area (Å²) in [6.07, 6.45) is 7.17. The van der Waals surface area contributed by atoms with E-state index in [0.717, 1.165) is 52.1 Å². The Morgan fingerprint density at radius 2 is 1.86 bits per heavy atom. The fraction of sp³-hybridized carbons (Fsp3) is 0.621. The van der Waals surface area contributed by atoms with E-state index in [1.807, 2.05) is 6.92 Å². The van der Waals surface area contributed by atoms with Crippen molar-refractivity contribution in [2.45, 2.75) is 84.2 Å². The molecule has 0 spiro atoms. The van der Waals surface area contributed by atoms with Crippen LogP contribution in [0.25, 0.3) is 11.0 Å². The molecule has 0 radical (unpaired) electrons. The van der Waals surface area contributed by atoms with Crippen LogP contribution in [0.5, 0.6) is 11.5 Å². The monoisotopic (exact) mass is 513 g/mol. The number of benzene rings is 1. The van der Waals surface area contributed by atoms with Gasteiger partial charge >= 0.3 is 11.6 Å². The molecule has 0 N–H and O–H groups in total. The van der Waals surface area contributed by atoms with Gasteiger partial charge in [0.1, 0.15) is 22.9 Å². The van der Waals surface area contributed by atoms with Crippen LogP contribution in [0.3, 0.4) is 0 Å². The maximum atomic E-state index is 12.9. The minimum Gasteiger partial charge on any atom is -0.490 e. The van der Waals surface area contributed by atoms with Gasteiger partial charge < -0.3 is 18.6 Å². The third-order valence-corrected chi connectivity index (χ3v) is 7.17. The molecular weight excluding hydrogens is 474 g/mol. The first-order chi connectivity index (χ1) is 17.9. The second kappa shape index (κ2) is 13.2. The van der Waals surface area contributed by atoms with Gasteiger partial charge in [-0.3, -0.25) is 14.5 Å². The van der Waals surface area contributed by atoms with Gasteiger partial charge in [-0.05, 0) is 44.7 Å². The van der Waals surface area contributed by atoms with Gasteiger partial charge in [0.05, 0.1) is 24.7 Å². The van der Waals surface area contributed by atoms with Crippen molar-refractivity contribution in [3.8, 4) is 11.5 Å². The van der Waals surface area contributed by atoms with Crippen molar-refractivity contribution in [1.29, 1.82) is 0 Å². The molecule has 0 saturated carbocycles. The van der Waals surface area contributed by atoms with Gasteiger partial charge in [0.15, 0.2) is 0 Å². The molecule has 8 nitrogen and oxygen atoms in total. The molecule has 202 valence electrons. The Morgan fingerprint density at radius 3 is 2.65 bits per heavy atom. The number of unbranched alkanes of at least 4 members (excludes halogenated alkanes) is 3. The third kappa shape index (κ3) is 7.42. The summed E-state index contributed by atoms with van der Waals surface area (Å²) in [4.78, 5) is 40.1. The highest BCUT2D eigenvalue weighted by Crippen LogP contribution is 2.37. The van der Waals surface area contributed by atoms with Gasteiger partial charge in [-0.25, -0.2) is 4.79 Å². The molecule has 1 aromatic heterocycles. The van der Waals surface area contributed by atoms with E-state index in [2.05, 4.69) is 11.8 Å². The lowest BCUT2D eigenvalue weighted by atomic mass is 9.89. The molecule has 1 saturated heterocycles. The molecular formula is C29H39NO7. The summed E-state index contributed by atoms with van der Waals surface area (Å²) in [6.45, 7) is 8.17. The molecule has 37 heavy (non-hydrogen) atoms. The summed E-state index contributed by atoms with van der Waals surface area (Å²) in [5, 5.41) is 0.520. The SMILES string of the molecule is CCCCCCC(C)Oc1cc(OC(=O)CCCN2CCOCC2)c2c3c(c(=O)oc2c1)CCC(=O)C3. The first-order valence-electron chi connectivity index (χ1n) is 13.8. The predicted molar refractivity (Wildman–Crippen MR) is 140 cm³/mol. The van der Waals surface area contributed by atoms with Gasteiger partial charge in [0, 0.05) is 50.0 Å². The van der Waals surface area contributed by atoms with E-state index < -0.39 is 5.63 Å². The highest BCUT2D eigenvalue weighted by molar-refractivity contribution is 5.96. The topological polar surface area (TPSA) is 95.3 Å². The molecule has 2 aromatic rings. The van der Waals surface area contributed by atoms with Crippen LogP contribution >= 0.6 is 0 Å². The van der Waals surface area contributed by atoms with Crippen molar-refractivity contribution in [1.82, 2.24) is 4.90 Å². The standard InChI is InChI=1S/C29H39NO7/c1-3-4-5-6-8-20(2)35-22-18-25(36-27(32)9-7-12-30-13-15-34-16-14-30)28-24-17-21(31)10-11-23(24)29(33)37-26(28)19-22/h18-20H,3-17H2,1-2H3. The molecule has 1 aromatic carbocycles. The summed E-state index contributed by atoms with van der Waals surface area (Å²) in [5.41, 5.74) is 0.945. The summed E-state index contributed by atoms with van der Waals surface area (Å²) in [5.74, 6) is 0.471. The number of hydrogen-bond donors (Lipinski definition) is 0. The molecule has 4 rings (SSSR count). The van der Waals surface area contributed by atoms with E-state index >= 15 is 0 Å². The second-order valence-corrected chi connectivity index (χ2v) is 10.2. The quantitative estimate of drug-likeness (QED) is 0.176. The molecule has 1 fully saturated rings. The minimum absolute atomic E-state index is 0.0442. The Balaban J connectivity index is 1.55. The number of carbonyl (C=O) groups is 2. The van der Waals surface area contributed by atoms with E-state index in [9.17, 15) is 14.4 Å². The van der Waals surface area contributed by atoms with Crippen LogP contribution in [-0.2, 0) is 27.2 Å². The normalized spacial score (nSPS) is 17.0. The number of morpholine rings is 1. The number of ether oxygens (including phenoxy) is 3. The first kappa shape index (κ1) is 27.3. The van der Waals surface area contributed by atoms with Gasteiger partial charge in [0.2, 0.25) is 0 Å². The maximum absolute atomic E-state index is 12.9. The summed E-state index contributed by atoms with van der Waals surface area (Å²) >= 11 is 0. The Kier molecular flexibility index (Phi) is 9.75. The summed E-state index contributed by atoms with van der Waals surface area (Å²) < 4.78 is 23.0. The number of esters is 1. The number of hydrogen-bond acceptors (Lipinski definition) is 8. The predicted octanol–water partition coefficient (Wildman–Crippen LogP) is 4.61. The molecule has 1 atom stereocenters. The Bertz CT molecular complexity index is 1150. The van der Waals surface area contributed by atoms with Gasteiger partial charge in [-0.15, -0.1) is 0 Å². The molecule has 1 aliphatic carbocycles. The van der Waals surface area contributed by atoms with Gasteiger partial charge in [-0.2, -0.15) is 0 Å². The summed E-state index contributed by atoms with van der Waals surface area (Å²) in [7, 11) is 0. The fourth-order valence-corrected chi connectivity index (χ4v) is 5.12. The number of carbonyl (C=O) groups excluding carboxylic acids is 2. The van der Waals surface area contributed by atoms with Crippen LogP contribution in [0.1, 0.15) is 76.3 Å². The number of fused-ring (bicyclic) bond motifs is 3. The first-order valence-corrected chi connectivity index (χ1v) is 13.8. The molecule has 8 heteroatoms. The van der Waals surface area contributed by atoms with E-state index in [4.69, 9.17) is 18.6 Å². The van der Waals surface area contributed by atoms with Crippen LogP contribution in [-0.4, -0.2) is 55.6 Å². The highest BCUT2D eigenvalue weighted by atomic mass is 16.5. The number of nitrogens with zero attached hydrogens (tertiary/aromatic N) is 1.